The van der Waals surface area contributed by atoms with Crippen LogP contribution >= 0.6 is 0 Å². The monoisotopic (exact) mass is 369 g/mol. The molecule has 6 nitrogen and oxygen atoms in total. The summed E-state index contributed by atoms with van der Waals surface area (Å²) < 4.78 is 37.5. The maximum absolute atomic E-state index is 13.1. The van der Waals surface area contributed by atoms with Crippen molar-refractivity contribution in [2.24, 2.45) is 0 Å². The molecule has 0 saturated carbocycles. The van der Waals surface area contributed by atoms with Crippen molar-refractivity contribution in [1.82, 2.24) is 14.7 Å². The van der Waals surface area contributed by atoms with E-state index >= 15 is 0 Å². The van der Waals surface area contributed by atoms with Crippen LogP contribution in [0.15, 0.2) is 24.3 Å². The number of likely N-dealkylation sites (N-methyl/N-ethyl adjacent to an activating group) is 1. The summed E-state index contributed by atoms with van der Waals surface area (Å²) in [6, 6.07) is 6.02. The molecular weight excluding hydrogens is 345 g/mol. The molecule has 2 aliphatic rings. The van der Waals surface area contributed by atoms with Gasteiger partial charge in [0.05, 0.1) is 18.1 Å². The van der Waals surface area contributed by atoms with Crippen molar-refractivity contribution in [3.63, 3.8) is 0 Å². The van der Waals surface area contributed by atoms with Crippen LogP contribution in [-0.2, 0) is 21.2 Å². The maximum Gasteiger partial charge on any atom is 0.236 e. The van der Waals surface area contributed by atoms with E-state index in [0.717, 1.165) is 5.56 Å². The Balaban J connectivity index is 1.76. The van der Waals surface area contributed by atoms with Crippen LogP contribution in [-0.4, -0.2) is 86.3 Å². The third kappa shape index (κ3) is 4.19. The number of nitrogens with zero attached hydrogens (tertiary/aromatic N) is 3. The standard InChI is InChI=1S/C17H24FN3O3S/c1-19(2)17(22)10-21-8-7-20(9-13-3-5-14(18)6-4-13)15-11-25(23,24)12-16(15)21/h3-6,15-16H,7-12H2,1-2H3/t15-,16+/m0/s1. The summed E-state index contributed by atoms with van der Waals surface area (Å²) in [7, 11) is 0.291. The molecule has 138 valence electrons. The Morgan fingerprint density at radius 2 is 1.68 bits per heavy atom. The summed E-state index contributed by atoms with van der Waals surface area (Å²) in [6.07, 6.45) is 0. The van der Waals surface area contributed by atoms with E-state index in [1.165, 1.54) is 17.0 Å². The first-order chi connectivity index (χ1) is 11.7. The number of hydrogen-bond acceptors (Lipinski definition) is 5. The summed E-state index contributed by atoms with van der Waals surface area (Å²) in [6.45, 7) is 2.17. The third-order valence-electron chi connectivity index (χ3n) is 5.04. The van der Waals surface area contributed by atoms with Gasteiger partial charge in [-0.2, -0.15) is 0 Å². The molecule has 2 aliphatic heterocycles. The molecular formula is C17H24FN3O3S. The molecule has 3 rings (SSSR count). The van der Waals surface area contributed by atoms with Crippen LogP contribution in [0.2, 0.25) is 0 Å². The van der Waals surface area contributed by atoms with Crippen molar-refractivity contribution in [1.29, 1.82) is 0 Å². The highest BCUT2D eigenvalue weighted by Crippen LogP contribution is 2.28. The smallest absolute Gasteiger partial charge is 0.236 e. The van der Waals surface area contributed by atoms with Crippen LogP contribution in [0.4, 0.5) is 4.39 Å². The van der Waals surface area contributed by atoms with E-state index in [9.17, 15) is 17.6 Å². The largest absolute Gasteiger partial charge is 0.348 e. The molecule has 8 heteroatoms. The van der Waals surface area contributed by atoms with Gasteiger partial charge in [-0.1, -0.05) is 12.1 Å². The van der Waals surface area contributed by atoms with Gasteiger partial charge in [0, 0.05) is 45.8 Å². The number of piperazine rings is 1. The zero-order chi connectivity index (χ0) is 18.2. The fourth-order valence-electron chi connectivity index (χ4n) is 3.63. The summed E-state index contributed by atoms with van der Waals surface area (Å²) in [5.41, 5.74) is 0.960. The summed E-state index contributed by atoms with van der Waals surface area (Å²) in [5.74, 6) is -0.0869. The van der Waals surface area contributed by atoms with E-state index in [0.29, 0.717) is 19.6 Å². The van der Waals surface area contributed by atoms with Crippen molar-refractivity contribution in [3.8, 4) is 0 Å². The Morgan fingerprint density at radius 1 is 1.12 bits per heavy atom. The van der Waals surface area contributed by atoms with Gasteiger partial charge < -0.3 is 4.90 Å². The summed E-state index contributed by atoms with van der Waals surface area (Å²) in [5, 5.41) is 0. The van der Waals surface area contributed by atoms with Crippen molar-refractivity contribution >= 4 is 15.7 Å². The second kappa shape index (κ2) is 7.01. The molecule has 25 heavy (non-hydrogen) atoms. The predicted octanol–water partition coefficient (Wildman–Crippen LogP) is 0.197. The normalized spacial score (nSPS) is 26.4. The number of hydrogen-bond donors (Lipinski definition) is 0. The minimum Gasteiger partial charge on any atom is -0.348 e. The highest BCUT2D eigenvalue weighted by Gasteiger charge is 2.46. The maximum atomic E-state index is 13.1. The van der Waals surface area contributed by atoms with Gasteiger partial charge in [0.2, 0.25) is 5.91 Å². The zero-order valence-electron chi connectivity index (χ0n) is 14.6. The predicted molar refractivity (Wildman–Crippen MR) is 93.3 cm³/mol. The number of rotatable bonds is 4. The Hall–Kier alpha value is -1.51. The molecule has 2 heterocycles. The highest BCUT2D eigenvalue weighted by atomic mass is 32.2. The molecule has 0 N–H and O–H groups in total. The van der Waals surface area contributed by atoms with Crippen LogP contribution < -0.4 is 0 Å². The summed E-state index contributed by atoms with van der Waals surface area (Å²) >= 11 is 0. The number of fused-ring (bicyclic) bond motifs is 1. The van der Waals surface area contributed by atoms with Gasteiger partial charge >= 0.3 is 0 Å². The highest BCUT2D eigenvalue weighted by molar-refractivity contribution is 7.91. The van der Waals surface area contributed by atoms with Gasteiger partial charge in [0.1, 0.15) is 5.82 Å². The molecule has 1 amide bonds. The van der Waals surface area contributed by atoms with Crippen LogP contribution in [0.3, 0.4) is 0 Å². The molecule has 1 aromatic carbocycles. The first-order valence-electron chi connectivity index (χ1n) is 8.38. The molecule has 0 unspecified atom stereocenters. The molecule has 0 spiro atoms. The van der Waals surface area contributed by atoms with Crippen molar-refractivity contribution in [2.75, 3.05) is 45.2 Å². The Morgan fingerprint density at radius 3 is 2.28 bits per heavy atom. The van der Waals surface area contributed by atoms with Gasteiger partial charge in [-0.3, -0.25) is 14.6 Å². The number of halogens is 1. The molecule has 0 aromatic heterocycles. The molecule has 0 aliphatic carbocycles. The van der Waals surface area contributed by atoms with E-state index in [4.69, 9.17) is 0 Å². The summed E-state index contributed by atoms with van der Waals surface area (Å²) in [4.78, 5) is 17.7. The molecule has 2 fully saturated rings. The number of carbonyl (C=O) groups is 1. The fourth-order valence-corrected chi connectivity index (χ4v) is 5.67. The van der Waals surface area contributed by atoms with E-state index < -0.39 is 9.84 Å². The molecule has 0 bridgehead atoms. The fraction of sp³-hybridized carbons (Fsp3) is 0.588. The first kappa shape index (κ1) is 18.3. The van der Waals surface area contributed by atoms with Gasteiger partial charge in [-0.05, 0) is 17.7 Å². The van der Waals surface area contributed by atoms with Crippen LogP contribution in [0, 0.1) is 5.82 Å². The quantitative estimate of drug-likeness (QED) is 0.759. The minimum absolute atomic E-state index is 0.0185. The van der Waals surface area contributed by atoms with Gasteiger partial charge in [0.15, 0.2) is 9.84 Å². The van der Waals surface area contributed by atoms with E-state index in [1.54, 1.807) is 26.2 Å². The number of carbonyl (C=O) groups excluding carboxylic acids is 1. The molecule has 2 atom stereocenters. The van der Waals surface area contributed by atoms with Crippen molar-refractivity contribution in [3.05, 3.63) is 35.6 Å². The minimum atomic E-state index is -3.12. The lowest BCUT2D eigenvalue weighted by Gasteiger charge is -2.43. The zero-order valence-corrected chi connectivity index (χ0v) is 15.4. The van der Waals surface area contributed by atoms with Gasteiger partial charge in [-0.15, -0.1) is 0 Å². The molecule has 0 radical (unpaired) electrons. The number of amides is 1. The van der Waals surface area contributed by atoms with Crippen molar-refractivity contribution in [2.45, 2.75) is 18.6 Å². The first-order valence-corrected chi connectivity index (χ1v) is 10.2. The second-order valence-electron chi connectivity index (χ2n) is 7.07. The molecule has 2 saturated heterocycles. The number of benzene rings is 1. The van der Waals surface area contributed by atoms with Gasteiger partial charge in [-0.25, -0.2) is 12.8 Å². The van der Waals surface area contributed by atoms with Crippen LogP contribution in [0.25, 0.3) is 0 Å². The topological polar surface area (TPSA) is 60.9 Å². The molecule has 1 aromatic rings. The van der Waals surface area contributed by atoms with E-state index in [-0.39, 0.29) is 41.9 Å². The Bertz CT molecular complexity index is 736. The van der Waals surface area contributed by atoms with Crippen LogP contribution in [0.1, 0.15) is 5.56 Å². The van der Waals surface area contributed by atoms with E-state index in [1.807, 2.05) is 4.90 Å². The number of sulfone groups is 1. The van der Waals surface area contributed by atoms with Gasteiger partial charge in [0.25, 0.3) is 0 Å². The lowest BCUT2D eigenvalue weighted by Crippen LogP contribution is -2.60. The third-order valence-corrected chi connectivity index (χ3v) is 6.74. The lowest BCUT2D eigenvalue weighted by molar-refractivity contribution is -0.131. The SMILES string of the molecule is CN(C)C(=O)CN1CCN(Cc2ccc(F)cc2)[C@H]2CS(=O)(=O)C[C@H]21. The van der Waals surface area contributed by atoms with E-state index in [2.05, 4.69) is 4.90 Å². The van der Waals surface area contributed by atoms with Crippen molar-refractivity contribution < 1.29 is 17.6 Å². The Labute approximate surface area is 148 Å². The lowest BCUT2D eigenvalue weighted by atomic mass is 10.0. The second-order valence-corrected chi connectivity index (χ2v) is 9.22. The Kier molecular flexibility index (Phi) is 5.13. The van der Waals surface area contributed by atoms with Crippen LogP contribution in [0.5, 0.6) is 0 Å². The average Bonchev–Trinajstić information content (AvgIpc) is 2.87. The average molecular weight is 369 g/mol.